The summed E-state index contributed by atoms with van der Waals surface area (Å²) in [5.41, 5.74) is 4.77. The SMILES string of the molecule is CN(C)CCn1cnc2cc(Nc3cc(-c4cccc(Cl)c4)ncn3)ccc21. The fraction of sp³-hybridized carbons (Fsp3) is 0.190. The molecule has 0 amide bonds. The number of nitrogens with one attached hydrogen (secondary N) is 1. The molecule has 0 aliphatic heterocycles. The highest BCUT2D eigenvalue weighted by molar-refractivity contribution is 6.30. The van der Waals surface area contributed by atoms with Crippen LogP contribution < -0.4 is 5.32 Å². The van der Waals surface area contributed by atoms with Crippen LogP contribution in [0.3, 0.4) is 0 Å². The number of halogens is 1. The number of hydrogen-bond acceptors (Lipinski definition) is 5. The van der Waals surface area contributed by atoms with E-state index < -0.39 is 0 Å². The van der Waals surface area contributed by atoms with Crippen molar-refractivity contribution in [3.63, 3.8) is 0 Å². The second kappa shape index (κ2) is 7.96. The van der Waals surface area contributed by atoms with Crippen LogP contribution in [0.5, 0.6) is 0 Å². The van der Waals surface area contributed by atoms with Gasteiger partial charge in [-0.2, -0.15) is 0 Å². The monoisotopic (exact) mass is 392 g/mol. The van der Waals surface area contributed by atoms with Crippen molar-refractivity contribution >= 4 is 34.1 Å². The predicted octanol–water partition coefficient (Wildman–Crippen LogP) is 4.45. The molecule has 0 aliphatic carbocycles. The molecule has 0 fully saturated rings. The minimum absolute atomic E-state index is 0.681. The van der Waals surface area contributed by atoms with Gasteiger partial charge in [-0.3, -0.25) is 0 Å². The van der Waals surface area contributed by atoms with E-state index in [9.17, 15) is 0 Å². The number of imidazole rings is 1. The van der Waals surface area contributed by atoms with Crippen LogP contribution in [0.15, 0.2) is 61.2 Å². The van der Waals surface area contributed by atoms with Crippen molar-refractivity contribution in [1.29, 1.82) is 0 Å². The Hall–Kier alpha value is -2.96. The molecule has 6 nitrogen and oxygen atoms in total. The minimum atomic E-state index is 0.681. The summed E-state index contributed by atoms with van der Waals surface area (Å²) in [6, 6.07) is 15.7. The van der Waals surface area contributed by atoms with E-state index in [1.807, 2.05) is 48.8 Å². The average Bonchev–Trinajstić information content (AvgIpc) is 3.09. The van der Waals surface area contributed by atoms with Crippen molar-refractivity contribution < 1.29 is 0 Å². The van der Waals surface area contributed by atoms with Crippen molar-refractivity contribution in [2.45, 2.75) is 6.54 Å². The molecule has 4 aromatic rings. The molecule has 2 heterocycles. The Bertz CT molecular complexity index is 1100. The fourth-order valence-electron chi connectivity index (χ4n) is 3.01. The predicted molar refractivity (Wildman–Crippen MR) is 114 cm³/mol. The summed E-state index contributed by atoms with van der Waals surface area (Å²) in [7, 11) is 4.14. The molecule has 2 aromatic heterocycles. The Kier molecular flexibility index (Phi) is 5.23. The van der Waals surface area contributed by atoms with Gasteiger partial charge in [0, 0.05) is 35.4 Å². The lowest BCUT2D eigenvalue weighted by Crippen LogP contribution is -2.17. The number of anilines is 2. The first-order valence-corrected chi connectivity index (χ1v) is 9.41. The second-order valence-corrected chi connectivity index (χ2v) is 7.31. The standard InChI is InChI=1S/C21H21ClN6/c1-27(2)8-9-28-14-25-19-11-17(6-7-20(19)28)26-21-12-18(23-13-24-21)15-4-3-5-16(22)10-15/h3-7,10-14H,8-9H2,1-2H3,(H,23,24,26). The number of nitrogens with zero attached hydrogens (tertiary/aromatic N) is 5. The summed E-state index contributed by atoms with van der Waals surface area (Å²) in [5.74, 6) is 0.719. The molecule has 2 aromatic carbocycles. The third-order valence-electron chi connectivity index (χ3n) is 4.47. The third-order valence-corrected chi connectivity index (χ3v) is 4.70. The molecule has 0 aliphatic rings. The molecular weight excluding hydrogens is 372 g/mol. The summed E-state index contributed by atoms with van der Waals surface area (Å²) in [6.07, 6.45) is 3.44. The van der Waals surface area contributed by atoms with Crippen LogP contribution in [0.25, 0.3) is 22.3 Å². The number of aromatic nitrogens is 4. The van der Waals surface area contributed by atoms with Crippen molar-refractivity contribution in [3.05, 3.63) is 66.2 Å². The van der Waals surface area contributed by atoms with Crippen LogP contribution >= 0.6 is 11.6 Å². The zero-order valence-corrected chi connectivity index (χ0v) is 16.6. The van der Waals surface area contributed by atoms with E-state index in [4.69, 9.17) is 11.6 Å². The van der Waals surface area contributed by atoms with Gasteiger partial charge in [0.15, 0.2) is 0 Å². The molecule has 1 N–H and O–H groups in total. The molecule has 4 rings (SSSR count). The van der Waals surface area contributed by atoms with Gasteiger partial charge in [0.25, 0.3) is 0 Å². The van der Waals surface area contributed by atoms with Crippen LogP contribution in [0.1, 0.15) is 0 Å². The van der Waals surface area contributed by atoms with Gasteiger partial charge in [-0.1, -0.05) is 23.7 Å². The summed E-state index contributed by atoms with van der Waals surface area (Å²) < 4.78 is 2.17. The lowest BCUT2D eigenvalue weighted by atomic mass is 10.1. The maximum Gasteiger partial charge on any atom is 0.134 e. The van der Waals surface area contributed by atoms with E-state index in [2.05, 4.69) is 49.9 Å². The number of hydrogen-bond donors (Lipinski definition) is 1. The van der Waals surface area contributed by atoms with Crippen molar-refractivity contribution in [3.8, 4) is 11.3 Å². The summed E-state index contributed by atoms with van der Waals surface area (Å²) in [4.78, 5) is 15.4. The molecule has 7 heteroatoms. The van der Waals surface area contributed by atoms with Gasteiger partial charge in [0.1, 0.15) is 12.1 Å². The normalized spacial score (nSPS) is 11.3. The number of benzene rings is 2. The van der Waals surface area contributed by atoms with Gasteiger partial charge in [-0.05, 0) is 44.4 Å². The maximum atomic E-state index is 6.09. The average molecular weight is 393 g/mol. The Morgan fingerprint density at radius 1 is 1.04 bits per heavy atom. The van der Waals surface area contributed by atoms with Crippen LogP contribution in [0.2, 0.25) is 5.02 Å². The first-order valence-electron chi connectivity index (χ1n) is 9.03. The Morgan fingerprint density at radius 3 is 2.75 bits per heavy atom. The van der Waals surface area contributed by atoms with E-state index in [-0.39, 0.29) is 0 Å². The second-order valence-electron chi connectivity index (χ2n) is 6.87. The molecular formula is C21H21ClN6. The third kappa shape index (κ3) is 4.13. The lowest BCUT2D eigenvalue weighted by molar-refractivity contribution is 0.386. The van der Waals surface area contributed by atoms with Gasteiger partial charge in [-0.15, -0.1) is 0 Å². The van der Waals surface area contributed by atoms with Crippen molar-refractivity contribution in [2.75, 3.05) is 26.0 Å². The summed E-state index contributed by atoms with van der Waals surface area (Å²) in [6.45, 7) is 1.88. The van der Waals surface area contributed by atoms with E-state index in [1.165, 1.54) is 0 Å². The van der Waals surface area contributed by atoms with E-state index in [0.29, 0.717) is 5.02 Å². The van der Waals surface area contributed by atoms with Gasteiger partial charge >= 0.3 is 0 Å². The molecule has 0 spiro atoms. The maximum absolute atomic E-state index is 6.09. The van der Waals surface area contributed by atoms with Gasteiger partial charge in [0.2, 0.25) is 0 Å². The molecule has 0 saturated carbocycles. The van der Waals surface area contributed by atoms with Crippen LogP contribution in [0.4, 0.5) is 11.5 Å². The summed E-state index contributed by atoms with van der Waals surface area (Å²) in [5, 5.41) is 4.02. The highest BCUT2D eigenvalue weighted by Crippen LogP contribution is 2.25. The molecule has 0 unspecified atom stereocenters. The van der Waals surface area contributed by atoms with Gasteiger partial charge in [-0.25, -0.2) is 15.0 Å². The van der Waals surface area contributed by atoms with Crippen LogP contribution in [-0.2, 0) is 6.54 Å². The Balaban J connectivity index is 1.56. The number of rotatable bonds is 6. The lowest BCUT2D eigenvalue weighted by Gasteiger charge is -2.11. The topological polar surface area (TPSA) is 58.9 Å². The Labute approximate surface area is 168 Å². The molecule has 0 bridgehead atoms. The van der Waals surface area contributed by atoms with Crippen LogP contribution in [0, 0.1) is 0 Å². The molecule has 28 heavy (non-hydrogen) atoms. The van der Waals surface area contributed by atoms with E-state index >= 15 is 0 Å². The van der Waals surface area contributed by atoms with Gasteiger partial charge in [0.05, 0.1) is 23.1 Å². The zero-order chi connectivity index (χ0) is 19.5. The first-order chi connectivity index (χ1) is 13.6. The molecule has 0 atom stereocenters. The quantitative estimate of drug-likeness (QED) is 0.525. The van der Waals surface area contributed by atoms with E-state index in [0.717, 1.165) is 46.9 Å². The highest BCUT2D eigenvalue weighted by Gasteiger charge is 2.07. The Morgan fingerprint density at radius 2 is 1.93 bits per heavy atom. The van der Waals surface area contributed by atoms with Crippen LogP contribution in [-0.4, -0.2) is 45.1 Å². The smallest absolute Gasteiger partial charge is 0.134 e. The number of fused-ring (bicyclic) bond motifs is 1. The zero-order valence-electron chi connectivity index (χ0n) is 15.8. The highest BCUT2D eigenvalue weighted by atomic mass is 35.5. The fourth-order valence-corrected chi connectivity index (χ4v) is 3.20. The molecule has 142 valence electrons. The van der Waals surface area contributed by atoms with Crippen molar-refractivity contribution in [2.24, 2.45) is 0 Å². The first kappa shape index (κ1) is 18.4. The largest absolute Gasteiger partial charge is 0.340 e. The van der Waals surface area contributed by atoms with E-state index in [1.54, 1.807) is 6.33 Å². The molecule has 0 radical (unpaired) electrons. The number of likely N-dealkylation sites (N-methyl/N-ethyl adjacent to an activating group) is 1. The minimum Gasteiger partial charge on any atom is -0.340 e. The molecule has 0 saturated heterocycles. The van der Waals surface area contributed by atoms with Gasteiger partial charge < -0.3 is 14.8 Å². The van der Waals surface area contributed by atoms with Crippen molar-refractivity contribution in [1.82, 2.24) is 24.4 Å². The summed E-state index contributed by atoms with van der Waals surface area (Å²) >= 11 is 6.09.